The molecule has 0 saturated carbocycles. The first-order valence-electron chi connectivity index (χ1n) is 3.69. The van der Waals surface area contributed by atoms with Gasteiger partial charge in [-0.05, 0) is 26.7 Å². The summed E-state index contributed by atoms with van der Waals surface area (Å²) in [5.74, 6) is 0. The molecule has 4 heteroatoms. The lowest BCUT2D eigenvalue weighted by Crippen LogP contribution is -2.71. The third-order valence-electron chi connectivity index (χ3n) is 2.05. The summed E-state index contributed by atoms with van der Waals surface area (Å²) < 4.78 is 0. The van der Waals surface area contributed by atoms with Gasteiger partial charge in [0.1, 0.15) is 0 Å². The molecule has 62 valence electrons. The van der Waals surface area contributed by atoms with Crippen LogP contribution >= 0.6 is 0 Å². The molecular formula is C6H19N3Si. The zero-order chi connectivity index (χ0) is 8.20. The molecule has 0 unspecified atom stereocenters. The van der Waals surface area contributed by atoms with Crippen molar-refractivity contribution in [3.63, 3.8) is 0 Å². The van der Waals surface area contributed by atoms with Gasteiger partial charge in [0.05, 0.1) is 0 Å². The minimum absolute atomic E-state index is 0.646. The first kappa shape index (κ1) is 10.1. The highest BCUT2D eigenvalue weighted by atomic mass is 28.4. The average molecular weight is 161 g/mol. The van der Waals surface area contributed by atoms with Gasteiger partial charge in [-0.1, -0.05) is 13.8 Å². The SMILES string of the molecule is CN[Si](NC)(NC)C(C)C. The lowest BCUT2D eigenvalue weighted by Gasteiger charge is -2.32. The highest BCUT2D eigenvalue weighted by Crippen LogP contribution is 2.09. The second kappa shape index (κ2) is 4.08. The van der Waals surface area contributed by atoms with E-state index in [9.17, 15) is 0 Å². The third-order valence-corrected chi connectivity index (χ3v) is 6.15. The van der Waals surface area contributed by atoms with Gasteiger partial charge in [-0.2, -0.15) is 0 Å². The van der Waals surface area contributed by atoms with Crippen molar-refractivity contribution in [2.24, 2.45) is 0 Å². The molecule has 0 spiro atoms. The molecular weight excluding hydrogens is 142 g/mol. The van der Waals surface area contributed by atoms with E-state index < -0.39 is 8.56 Å². The van der Waals surface area contributed by atoms with Crippen molar-refractivity contribution < 1.29 is 0 Å². The van der Waals surface area contributed by atoms with E-state index in [0.717, 1.165) is 0 Å². The summed E-state index contributed by atoms with van der Waals surface area (Å²) in [6, 6.07) is 0. The van der Waals surface area contributed by atoms with Gasteiger partial charge in [0.15, 0.2) is 0 Å². The van der Waals surface area contributed by atoms with Crippen LogP contribution in [0, 0.1) is 0 Å². The molecule has 0 aliphatic carbocycles. The molecule has 0 aromatic rings. The number of nitrogens with one attached hydrogen (secondary N) is 3. The van der Waals surface area contributed by atoms with Gasteiger partial charge in [0, 0.05) is 0 Å². The van der Waals surface area contributed by atoms with E-state index in [2.05, 4.69) is 28.8 Å². The van der Waals surface area contributed by atoms with Crippen LogP contribution in [0.2, 0.25) is 5.54 Å². The minimum atomic E-state index is -1.54. The summed E-state index contributed by atoms with van der Waals surface area (Å²) >= 11 is 0. The molecule has 3 nitrogen and oxygen atoms in total. The van der Waals surface area contributed by atoms with Crippen LogP contribution in [0.15, 0.2) is 0 Å². The van der Waals surface area contributed by atoms with Crippen LogP contribution in [0.4, 0.5) is 0 Å². The van der Waals surface area contributed by atoms with Crippen molar-refractivity contribution >= 4 is 8.56 Å². The topological polar surface area (TPSA) is 36.1 Å². The van der Waals surface area contributed by atoms with Gasteiger partial charge < -0.3 is 14.9 Å². The molecule has 0 bridgehead atoms. The second-order valence-corrected chi connectivity index (χ2v) is 6.98. The molecule has 0 heterocycles. The molecule has 0 fully saturated rings. The molecule has 0 amide bonds. The van der Waals surface area contributed by atoms with Crippen molar-refractivity contribution in [3.05, 3.63) is 0 Å². The van der Waals surface area contributed by atoms with Gasteiger partial charge in [-0.25, -0.2) is 0 Å². The number of hydrogen-bond acceptors (Lipinski definition) is 3. The standard InChI is InChI=1S/C6H19N3Si/c1-6(2)10(7-3,8-4)9-5/h6-9H,1-5H3. The Morgan fingerprint density at radius 3 is 1.20 bits per heavy atom. The Morgan fingerprint density at radius 1 is 0.900 bits per heavy atom. The Kier molecular flexibility index (Phi) is 4.11. The van der Waals surface area contributed by atoms with Crippen LogP contribution in [-0.4, -0.2) is 29.7 Å². The zero-order valence-electron chi connectivity index (χ0n) is 7.58. The predicted octanol–water partition coefficient (Wildman–Crippen LogP) is -0.00650. The van der Waals surface area contributed by atoms with Crippen molar-refractivity contribution in [2.45, 2.75) is 19.4 Å². The third kappa shape index (κ3) is 1.79. The highest BCUT2D eigenvalue weighted by molar-refractivity contribution is 6.73. The van der Waals surface area contributed by atoms with Gasteiger partial charge in [-0.3, -0.25) is 0 Å². The van der Waals surface area contributed by atoms with Crippen molar-refractivity contribution in [3.8, 4) is 0 Å². The summed E-state index contributed by atoms with van der Waals surface area (Å²) in [6.45, 7) is 4.44. The molecule has 3 N–H and O–H groups in total. The summed E-state index contributed by atoms with van der Waals surface area (Å²) in [6.07, 6.45) is 0. The fraction of sp³-hybridized carbons (Fsp3) is 1.00. The number of hydrogen-bond donors (Lipinski definition) is 3. The molecule has 0 rings (SSSR count). The van der Waals surface area contributed by atoms with Crippen molar-refractivity contribution in [1.29, 1.82) is 0 Å². The maximum atomic E-state index is 3.33. The molecule has 0 aromatic heterocycles. The molecule has 0 saturated heterocycles. The van der Waals surface area contributed by atoms with E-state index in [4.69, 9.17) is 0 Å². The number of rotatable bonds is 4. The lowest BCUT2D eigenvalue weighted by molar-refractivity contribution is 0.809. The van der Waals surface area contributed by atoms with E-state index in [0.29, 0.717) is 5.54 Å². The summed E-state index contributed by atoms with van der Waals surface area (Å²) in [5.41, 5.74) is 0.646. The molecule has 0 atom stereocenters. The van der Waals surface area contributed by atoms with E-state index in [1.807, 2.05) is 21.1 Å². The fourth-order valence-corrected chi connectivity index (χ4v) is 3.72. The molecule has 10 heavy (non-hydrogen) atoms. The fourth-order valence-electron chi connectivity index (χ4n) is 1.24. The van der Waals surface area contributed by atoms with E-state index in [-0.39, 0.29) is 0 Å². The predicted molar refractivity (Wildman–Crippen MR) is 48.0 cm³/mol. The quantitative estimate of drug-likeness (QED) is 0.508. The van der Waals surface area contributed by atoms with Crippen molar-refractivity contribution in [1.82, 2.24) is 14.9 Å². The first-order chi connectivity index (χ1) is 4.63. The van der Waals surface area contributed by atoms with E-state index >= 15 is 0 Å². The maximum absolute atomic E-state index is 3.33. The Morgan fingerprint density at radius 2 is 1.20 bits per heavy atom. The summed E-state index contributed by atoms with van der Waals surface area (Å²) in [7, 11) is 4.45. The smallest absolute Gasteiger partial charge is 0.283 e. The van der Waals surface area contributed by atoms with Crippen LogP contribution in [-0.2, 0) is 0 Å². The molecule has 0 radical (unpaired) electrons. The first-order valence-corrected chi connectivity index (χ1v) is 5.77. The van der Waals surface area contributed by atoms with Gasteiger partial charge >= 0.3 is 0 Å². The van der Waals surface area contributed by atoms with Crippen LogP contribution < -0.4 is 14.9 Å². The van der Waals surface area contributed by atoms with Crippen LogP contribution in [0.1, 0.15) is 13.8 Å². The largest absolute Gasteiger partial charge is 0.316 e. The van der Waals surface area contributed by atoms with E-state index in [1.54, 1.807) is 0 Å². The molecule has 0 aliphatic rings. The normalized spacial score (nSPS) is 12.6. The summed E-state index contributed by atoms with van der Waals surface area (Å²) in [4.78, 5) is 9.99. The van der Waals surface area contributed by atoms with Crippen LogP contribution in [0.3, 0.4) is 0 Å². The van der Waals surface area contributed by atoms with Crippen molar-refractivity contribution in [2.75, 3.05) is 21.1 Å². The molecule has 0 aliphatic heterocycles. The monoisotopic (exact) mass is 161 g/mol. The Labute approximate surface area is 64.8 Å². The second-order valence-electron chi connectivity index (χ2n) is 2.71. The summed E-state index contributed by atoms with van der Waals surface area (Å²) in [5, 5.41) is 0. The van der Waals surface area contributed by atoms with Gasteiger partial charge in [0.2, 0.25) is 0 Å². The Bertz CT molecular complexity index is 82.7. The lowest BCUT2D eigenvalue weighted by atomic mass is 10.6. The van der Waals surface area contributed by atoms with Gasteiger partial charge in [0.25, 0.3) is 8.56 Å². The molecule has 0 aromatic carbocycles. The van der Waals surface area contributed by atoms with Crippen LogP contribution in [0.25, 0.3) is 0 Å². The average Bonchev–Trinajstić information content (AvgIpc) is 1.92. The van der Waals surface area contributed by atoms with Crippen LogP contribution in [0.5, 0.6) is 0 Å². The zero-order valence-corrected chi connectivity index (χ0v) is 8.58. The van der Waals surface area contributed by atoms with Gasteiger partial charge in [-0.15, -0.1) is 0 Å². The minimum Gasteiger partial charge on any atom is -0.316 e. The Hall–Kier alpha value is 0.0969. The Balaban J connectivity index is 4.15. The highest BCUT2D eigenvalue weighted by Gasteiger charge is 2.32. The maximum Gasteiger partial charge on any atom is 0.283 e. The van der Waals surface area contributed by atoms with E-state index in [1.165, 1.54) is 0 Å².